The van der Waals surface area contributed by atoms with E-state index in [2.05, 4.69) is 27.7 Å². The Morgan fingerprint density at radius 3 is 2.50 bits per heavy atom. The van der Waals surface area contributed by atoms with Crippen molar-refractivity contribution in [2.45, 2.75) is 12.6 Å². The summed E-state index contributed by atoms with van der Waals surface area (Å²) >= 11 is 1.73. The first-order valence-corrected chi connectivity index (χ1v) is 11.1. The van der Waals surface area contributed by atoms with Crippen LogP contribution in [0.2, 0.25) is 0 Å². The predicted octanol–water partition coefficient (Wildman–Crippen LogP) is 4.13. The number of benzene rings is 2. The number of morpholine rings is 1. The molecule has 1 N–H and O–H groups in total. The van der Waals surface area contributed by atoms with Crippen molar-refractivity contribution in [2.24, 2.45) is 0 Å². The third kappa shape index (κ3) is 5.48. The van der Waals surface area contributed by atoms with Gasteiger partial charge in [0.05, 0.1) is 19.3 Å². The molecule has 0 aliphatic carbocycles. The minimum absolute atomic E-state index is 0.0552. The molecular weight excluding hydrogens is 396 g/mol. The molecule has 5 nitrogen and oxygen atoms in total. The number of nitrogens with one attached hydrogen (secondary N) is 1. The summed E-state index contributed by atoms with van der Waals surface area (Å²) in [4.78, 5) is 16.4. The molecule has 0 spiro atoms. The molecule has 0 saturated carbocycles. The number of thiophene rings is 1. The van der Waals surface area contributed by atoms with Gasteiger partial charge in [0.2, 0.25) is 0 Å². The standard InChI is InChI=1S/C24H26N2O3S/c27-24(20-10-8-19(9-11-20)18-29-21-5-2-1-3-6-21)25-17-22(23-7-4-16-30-23)26-12-14-28-15-13-26/h1-11,16,22H,12-15,17-18H2,(H,25,27)/t22-/m1/s1. The van der Waals surface area contributed by atoms with Gasteiger partial charge in [-0.15, -0.1) is 11.3 Å². The largest absolute Gasteiger partial charge is 0.489 e. The maximum atomic E-state index is 12.7. The number of hydrogen-bond acceptors (Lipinski definition) is 5. The summed E-state index contributed by atoms with van der Waals surface area (Å²) in [5.74, 6) is 0.780. The molecule has 1 amide bonds. The molecule has 2 heterocycles. The molecule has 0 bridgehead atoms. The van der Waals surface area contributed by atoms with Crippen LogP contribution in [0.5, 0.6) is 5.75 Å². The highest BCUT2D eigenvalue weighted by Crippen LogP contribution is 2.25. The fraction of sp³-hybridized carbons (Fsp3) is 0.292. The van der Waals surface area contributed by atoms with E-state index in [1.807, 2.05) is 54.6 Å². The van der Waals surface area contributed by atoms with Gasteiger partial charge in [-0.1, -0.05) is 36.4 Å². The number of carbonyl (C=O) groups is 1. The first-order valence-electron chi connectivity index (χ1n) is 10.2. The Balaban J connectivity index is 1.33. The summed E-state index contributed by atoms with van der Waals surface area (Å²) in [7, 11) is 0. The van der Waals surface area contributed by atoms with Crippen LogP contribution in [0.1, 0.15) is 26.8 Å². The van der Waals surface area contributed by atoms with E-state index in [1.165, 1.54) is 4.88 Å². The molecular formula is C24H26N2O3S. The third-order valence-electron chi connectivity index (χ3n) is 5.18. The summed E-state index contributed by atoms with van der Waals surface area (Å²) in [5.41, 5.74) is 1.69. The number of para-hydroxylation sites is 1. The summed E-state index contributed by atoms with van der Waals surface area (Å²) in [6.07, 6.45) is 0. The van der Waals surface area contributed by atoms with E-state index >= 15 is 0 Å². The predicted molar refractivity (Wildman–Crippen MR) is 119 cm³/mol. The van der Waals surface area contributed by atoms with Gasteiger partial charge >= 0.3 is 0 Å². The fourth-order valence-electron chi connectivity index (χ4n) is 3.51. The minimum Gasteiger partial charge on any atom is -0.489 e. The SMILES string of the molecule is O=C(NC[C@H](c1cccs1)N1CCOCC1)c1ccc(COc2ccccc2)cc1. The van der Waals surface area contributed by atoms with Gasteiger partial charge in [-0.25, -0.2) is 0 Å². The van der Waals surface area contributed by atoms with Gasteiger partial charge in [0, 0.05) is 30.1 Å². The van der Waals surface area contributed by atoms with Crippen LogP contribution in [0, 0.1) is 0 Å². The van der Waals surface area contributed by atoms with Crippen LogP contribution in [-0.2, 0) is 11.3 Å². The molecule has 4 rings (SSSR count). The second-order valence-corrected chi connectivity index (χ2v) is 8.17. The maximum Gasteiger partial charge on any atom is 0.251 e. The number of nitrogens with zero attached hydrogens (tertiary/aromatic N) is 1. The first-order chi connectivity index (χ1) is 14.8. The lowest BCUT2D eigenvalue weighted by molar-refractivity contribution is 0.0169. The lowest BCUT2D eigenvalue weighted by Gasteiger charge is -2.34. The summed E-state index contributed by atoms with van der Waals surface area (Å²) < 4.78 is 11.3. The van der Waals surface area contributed by atoms with Gasteiger partial charge in [-0.05, 0) is 41.3 Å². The molecule has 30 heavy (non-hydrogen) atoms. The van der Waals surface area contributed by atoms with E-state index < -0.39 is 0 Å². The van der Waals surface area contributed by atoms with Gasteiger partial charge in [0.15, 0.2) is 0 Å². The van der Waals surface area contributed by atoms with Gasteiger partial charge in [0.25, 0.3) is 5.91 Å². The molecule has 1 aliphatic rings. The average Bonchev–Trinajstić information content (AvgIpc) is 3.34. The Bertz CT molecular complexity index is 907. The minimum atomic E-state index is -0.0552. The fourth-order valence-corrected chi connectivity index (χ4v) is 4.37. The van der Waals surface area contributed by atoms with Gasteiger partial charge in [-0.3, -0.25) is 9.69 Å². The van der Waals surface area contributed by atoms with Gasteiger partial charge in [-0.2, -0.15) is 0 Å². The smallest absolute Gasteiger partial charge is 0.251 e. The van der Waals surface area contributed by atoms with Crippen molar-refractivity contribution in [1.82, 2.24) is 10.2 Å². The van der Waals surface area contributed by atoms with Crippen molar-refractivity contribution >= 4 is 17.2 Å². The van der Waals surface area contributed by atoms with Crippen LogP contribution in [0.25, 0.3) is 0 Å². The van der Waals surface area contributed by atoms with E-state index in [4.69, 9.17) is 9.47 Å². The normalized spacial score (nSPS) is 15.5. The third-order valence-corrected chi connectivity index (χ3v) is 6.15. The molecule has 1 fully saturated rings. The quantitative estimate of drug-likeness (QED) is 0.593. The molecule has 0 radical (unpaired) electrons. The van der Waals surface area contributed by atoms with Crippen LogP contribution in [0.3, 0.4) is 0 Å². The molecule has 6 heteroatoms. The zero-order valence-electron chi connectivity index (χ0n) is 16.8. The average molecular weight is 423 g/mol. The maximum absolute atomic E-state index is 12.7. The number of carbonyl (C=O) groups excluding carboxylic acids is 1. The highest BCUT2D eigenvalue weighted by atomic mass is 32.1. The second-order valence-electron chi connectivity index (χ2n) is 7.19. The Kier molecular flexibility index (Phi) is 7.13. The Labute approximate surface area is 181 Å². The van der Waals surface area contributed by atoms with E-state index in [1.54, 1.807) is 11.3 Å². The van der Waals surface area contributed by atoms with Crippen molar-refractivity contribution in [3.63, 3.8) is 0 Å². The Morgan fingerprint density at radius 2 is 1.80 bits per heavy atom. The monoisotopic (exact) mass is 422 g/mol. The van der Waals surface area contributed by atoms with Crippen LogP contribution >= 0.6 is 11.3 Å². The molecule has 1 atom stereocenters. The highest BCUT2D eigenvalue weighted by molar-refractivity contribution is 7.10. The summed E-state index contributed by atoms with van der Waals surface area (Å²) in [5, 5.41) is 5.20. The van der Waals surface area contributed by atoms with Crippen molar-refractivity contribution in [3.8, 4) is 5.75 Å². The zero-order valence-corrected chi connectivity index (χ0v) is 17.6. The molecule has 1 aromatic heterocycles. The Morgan fingerprint density at radius 1 is 1.03 bits per heavy atom. The zero-order chi connectivity index (χ0) is 20.6. The van der Waals surface area contributed by atoms with Crippen molar-refractivity contribution in [1.29, 1.82) is 0 Å². The van der Waals surface area contributed by atoms with E-state index in [0.29, 0.717) is 18.7 Å². The van der Waals surface area contributed by atoms with Gasteiger partial charge < -0.3 is 14.8 Å². The van der Waals surface area contributed by atoms with E-state index in [0.717, 1.165) is 37.6 Å². The summed E-state index contributed by atoms with van der Waals surface area (Å²) in [6, 6.07) is 21.7. The first kappa shape index (κ1) is 20.6. The van der Waals surface area contributed by atoms with Crippen molar-refractivity contribution in [3.05, 3.63) is 88.1 Å². The van der Waals surface area contributed by atoms with E-state index in [-0.39, 0.29) is 11.9 Å². The molecule has 3 aromatic rings. The van der Waals surface area contributed by atoms with Crippen molar-refractivity contribution < 1.29 is 14.3 Å². The molecule has 156 valence electrons. The number of hydrogen-bond donors (Lipinski definition) is 1. The topological polar surface area (TPSA) is 50.8 Å². The molecule has 1 aliphatic heterocycles. The lowest BCUT2D eigenvalue weighted by atomic mass is 10.1. The van der Waals surface area contributed by atoms with Crippen LogP contribution in [-0.4, -0.2) is 43.7 Å². The van der Waals surface area contributed by atoms with Crippen LogP contribution in [0.15, 0.2) is 72.1 Å². The summed E-state index contributed by atoms with van der Waals surface area (Å²) in [6.45, 7) is 4.30. The van der Waals surface area contributed by atoms with E-state index in [9.17, 15) is 4.79 Å². The highest BCUT2D eigenvalue weighted by Gasteiger charge is 2.24. The molecule has 2 aromatic carbocycles. The van der Waals surface area contributed by atoms with Gasteiger partial charge in [0.1, 0.15) is 12.4 Å². The molecule has 1 saturated heterocycles. The second kappa shape index (κ2) is 10.4. The van der Waals surface area contributed by atoms with Crippen LogP contribution < -0.4 is 10.1 Å². The Hall–Kier alpha value is -2.67. The van der Waals surface area contributed by atoms with Crippen LogP contribution in [0.4, 0.5) is 0 Å². The lowest BCUT2D eigenvalue weighted by Crippen LogP contribution is -2.43. The number of ether oxygens (including phenoxy) is 2. The molecule has 0 unspecified atom stereocenters. The number of amides is 1. The van der Waals surface area contributed by atoms with Crippen molar-refractivity contribution in [2.75, 3.05) is 32.8 Å². The number of rotatable bonds is 8.